The lowest BCUT2D eigenvalue weighted by Crippen LogP contribution is -2.37. The maximum atomic E-state index is 13.1. The third kappa shape index (κ3) is 2.26. The lowest BCUT2D eigenvalue weighted by Gasteiger charge is -2.41. The van der Waals surface area contributed by atoms with Crippen molar-refractivity contribution < 1.29 is 9.53 Å². The van der Waals surface area contributed by atoms with Gasteiger partial charge >= 0.3 is 5.97 Å². The summed E-state index contributed by atoms with van der Waals surface area (Å²) in [6, 6.07) is 10.5. The lowest BCUT2D eigenvalue weighted by atomic mass is 9.60. The molecule has 1 aromatic carbocycles. The van der Waals surface area contributed by atoms with Crippen LogP contribution in [0.3, 0.4) is 0 Å². The number of aromatic amines is 1. The molecule has 3 aromatic rings. The molecule has 6 heteroatoms. The number of H-pyrrole nitrogens is 1. The molecule has 28 heavy (non-hydrogen) atoms. The van der Waals surface area contributed by atoms with Crippen molar-refractivity contribution in [3.8, 4) is 6.07 Å². The van der Waals surface area contributed by atoms with Crippen molar-refractivity contribution in [2.45, 2.75) is 37.5 Å². The van der Waals surface area contributed by atoms with E-state index in [1.54, 1.807) is 6.92 Å². The number of fused-ring (bicyclic) bond motifs is 7. The van der Waals surface area contributed by atoms with Gasteiger partial charge in [-0.2, -0.15) is 10.4 Å². The predicted octanol–water partition coefficient (Wildman–Crippen LogP) is 3.52. The number of rotatable bonds is 2. The Morgan fingerprint density at radius 3 is 3.04 bits per heavy atom. The van der Waals surface area contributed by atoms with Crippen LogP contribution in [-0.2, 0) is 23.0 Å². The van der Waals surface area contributed by atoms with Crippen LogP contribution >= 0.6 is 0 Å². The molecule has 2 heterocycles. The van der Waals surface area contributed by atoms with Crippen molar-refractivity contribution >= 4 is 16.9 Å². The Kier molecular flexibility index (Phi) is 3.80. The summed E-state index contributed by atoms with van der Waals surface area (Å²) in [5, 5.41) is 15.8. The van der Waals surface area contributed by atoms with E-state index in [0.717, 1.165) is 46.3 Å². The number of para-hydroxylation sites is 1. The summed E-state index contributed by atoms with van der Waals surface area (Å²) >= 11 is 0. The van der Waals surface area contributed by atoms with Crippen LogP contribution in [0.1, 0.15) is 53.6 Å². The van der Waals surface area contributed by atoms with E-state index in [9.17, 15) is 10.1 Å². The van der Waals surface area contributed by atoms with Gasteiger partial charge in [0.2, 0.25) is 0 Å². The third-order valence-corrected chi connectivity index (χ3v) is 6.32. The molecule has 0 radical (unpaired) electrons. The highest BCUT2D eigenvalue weighted by Gasteiger charge is 2.51. The Bertz CT molecular complexity index is 1120. The minimum absolute atomic E-state index is 0.0579. The fourth-order valence-electron chi connectivity index (χ4n) is 5.33. The van der Waals surface area contributed by atoms with Gasteiger partial charge < -0.3 is 9.72 Å². The number of nitrogens with zero attached hydrogens (tertiary/aromatic N) is 3. The number of benzene rings is 1. The number of aryl methyl sites for hydroxylation is 2. The molecule has 4 unspecified atom stereocenters. The molecular formula is C22H22N4O2. The molecule has 0 aliphatic heterocycles. The number of nitriles is 1. The topological polar surface area (TPSA) is 83.7 Å². The molecule has 6 nitrogen and oxygen atoms in total. The molecule has 142 valence electrons. The van der Waals surface area contributed by atoms with E-state index >= 15 is 0 Å². The normalized spacial score (nSPS) is 25.5. The summed E-state index contributed by atoms with van der Waals surface area (Å²) in [7, 11) is 1.91. The van der Waals surface area contributed by atoms with Crippen molar-refractivity contribution in [2.75, 3.05) is 6.61 Å². The Hall–Kier alpha value is -3.07. The second-order valence-corrected chi connectivity index (χ2v) is 7.76. The molecule has 2 aliphatic rings. The summed E-state index contributed by atoms with van der Waals surface area (Å²) in [5.41, 5.74) is 5.20. The maximum Gasteiger partial charge on any atom is 0.314 e. The van der Waals surface area contributed by atoms with E-state index in [1.165, 1.54) is 0 Å². The summed E-state index contributed by atoms with van der Waals surface area (Å²) in [6.45, 7) is 2.11. The molecular weight excluding hydrogens is 352 g/mol. The van der Waals surface area contributed by atoms with Gasteiger partial charge in [0.05, 0.1) is 24.3 Å². The number of ether oxygens (including phenoxy) is 1. The zero-order valence-corrected chi connectivity index (χ0v) is 16.0. The number of hydrogen-bond acceptors (Lipinski definition) is 4. The standard InChI is InChI=1S/C22H22N4O2/c1-3-28-22(27)20-14(10-23)18-13(8-9-17-15(18)11-26(2)25-17)21-19(20)12-6-4-5-7-16(12)24-21/h4-7,11,13-14,18,20,24H,3,8-9H2,1-2H3. The number of carbonyl (C=O) groups is 1. The number of carbonyl (C=O) groups excluding carboxylic acids is 1. The van der Waals surface area contributed by atoms with Crippen LogP contribution in [0.2, 0.25) is 0 Å². The van der Waals surface area contributed by atoms with Crippen molar-refractivity contribution in [3.63, 3.8) is 0 Å². The zero-order chi connectivity index (χ0) is 19.4. The predicted molar refractivity (Wildman–Crippen MR) is 104 cm³/mol. The van der Waals surface area contributed by atoms with E-state index in [4.69, 9.17) is 4.74 Å². The van der Waals surface area contributed by atoms with Crippen molar-refractivity contribution in [1.82, 2.24) is 14.8 Å². The summed E-state index contributed by atoms with van der Waals surface area (Å²) in [5.74, 6) is -1.26. The molecule has 2 aliphatic carbocycles. The van der Waals surface area contributed by atoms with Gasteiger partial charge in [0.25, 0.3) is 0 Å². The largest absolute Gasteiger partial charge is 0.465 e. The van der Waals surface area contributed by atoms with Gasteiger partial charge in [0.15, 0.2) is 0 Å². The van der Waals surface area contributed by atoms with E-state index in [-0.39, 0.29) is 17.8 Å². The molecule has 0 saturated heterocycles. The fraction of sp³-hybridized carbons (Fsp3) is 0.409. The van der Waals surface area contributed by atoms with Crippen LogP contribution in [0.25, 0.3) is 10.9 Å². The number of aromatic nitrogens is 3. The second-order valence-electron chi connectivity index (χ2n) is 7.76. The number of hydrogen-bond donors (Lipinski definition) is 1. The molecule has 5 rings (SSSR count). The van der Waals surface area contributed by atoms with Crippen LogP contribution in [0.5, 0.6) is 0 Å². The summed E-state index contributed by atoms with van der Waals surface area (Å²) in [4.78, 5) is 16.6. The molecule has 1 N–H and O–H groups in total. The van der Waals surface area contributed by atoms with E-state index in [1.807, 2.05) is 42.2 Å². The first kappa shape index (κ1) is 17.1. The Labute approximate surface area is 163 Å². The SMILES string of the molecule is CCOC(=O)C1c2c([nH]c3ccccc23)C2CCc3nn(C)cc3C2C1C#N. The minimum atomic E-state index is -0.594. The van der Waals surface area contributed by atoms with Gasteiger partial charge in [0, 0.05) is 41.7 Å². The van der Waals surface area contributed by atoms with Crippen LogP contribution in [0.4, 0.5) is 0 Å². The third-order valence-electron chi connectivity index (χ3n) is 6.32. The Morgan fingerprint density at radius 2 is 2.25 bits per heavy atom. The number of esters is 1. The molecule has 0 spiro atoms. The monoisotopic (exact) mass is 374 g/mol. The van der Waals surface area contributed by atoms with Gasteiger partial charge in [-0.3, -0.25) is 9.48 Å². The average Bonchev–Trinajstić information content (AvgIpc) is 3.26. The molecule has 4 atom stereocenters. The summed E-state index contributed by atoms with van der Waals surface area (Å²) < 4.78 is 7.26. The highest BCUT2D eigenvalue weighted by molar-refractivity contribution is 5.92. The van der Waals surface area contributed by atoms with Gasteiger partial charge in [-0.15, -0.1) is 0 Å². The smallest absolute Gasteiger partial charge is 0.314 e. The molecule has 0 saturated carbocycles. The lowest BCUT2D eigenvalue weighted by molar-refractivity contribution is -0.146. The first-order valence-electron chi connectivity index (χ1n) is 9.83. The van der Waals surface area contributed by atoms with Crippen LogP contribution in [-0.4, -0.2) is 27.3 Å². The second kappa shape index (κ2) is 6.23. The maximum absolute atomic E-state index is 13.1. The van der Waals surface area contributed by atoms with E-state index in [0.29, 0.717) is 6.61 Å². The highest BCUT2D eigenvalue weighted by atomic mass is 16.5. The van der Waals surface area contributed by atoms with Crippen molar-refractivity contribution in [2.24, 2.45) is 13.0 Å². The molecule has 0 bridgehead atoms. The van der Waals surface area contributed by atoms with Gasteiger partial charge in [0.1, 0.15) is 5.92 Å². The van der Waals surface area contributed by atoms with Gasteiger partial charge in [-0.05, 0) is 37.0 Å². The molecule has 0 amide bonds. The van der Waals surface area contributed by atoms with Crippen molar-refractivity contribution in [3.05, 3.63) is 53.0 Å². The number of nitrogens with one attached hydrogen (secondary N) is 1. The van der Waals surface area contributed by atoms with Gasteiger partial charge in [-0.1, -0.05) is 18.2 Å². The van der Waals surface area contributed by atoms with E-state index < -0.39 is 11.8 Å². The zero-order valence-electron chi connectivity index (χ0n) is 16.0. The molecule has 2 aromatic heterocycles. The molecule has 0 fully saturated rings. The van der Waals surface area contributed by atoms with E-state index in [2.05, 4.69) is 16.2 Å². The van der Waals surface area contributed by atoms with Crippen molar-refractivity contribution in [1.29, 1.82) is 5.26 Å². The van der Waals surface area contributed by atoms with Crippen LogP contribution < -0.4 is 0 Å². The quantitative estimate of drug-likeness (QED) is 0.696. The first-order chi connectivity index (χ1) is 13.6. The highest BCUT2D eigenvalue weighted by Crippen LogP contribution is 2.56. The van der Waals surface area contributed by atoms with Gasteiger partial charge in [-0.25, -0.2) is 0 Å². The van der Waals surface area contributed by atoms with Crippen LogP contribution in [0, 0.1) is 17.2 Å². The van der Waals surface area contributed by atoms with Crippen LogP contribution in [0.15, 0.2) is 30.5 Å². The fourth-order valence-corrected chi connectivity index (χ4v) is 5.33. The first-order valence-corrected chi connectivity index (χ1v) is 9.83. The minimum Gasteiger partial charge on any atom is -0.465 e. The Balaban J connectivity index is 1.78. The summed E-state index contributed by atoms with van der Waals surface area (Å²) in [6.07, 6.45) is 3.82. The average molecular weight is 374 g/mol. The Morgan fingerprint density at radius 1 is 1.43 bits per heavy atom.